The van der Waals surface area contributed by atoms with E-state index in [1.807, 2.05) is 0 Å². The van der Waals surface area contributed by atoms with Crippen LogP contribution in [0.25, 0.3) is 60.9 Å². The van der Waals surface area contributed by atoms with Crippen molar-refractivity contribution >= 4 is 25.6 Å². The summed E-state index contributed by atoms with van der Waals surface area (Å²) in [6.07, 6.45) is -3.88. The molecule has 2 aliphatic rings. The van der Waals surface area contributed by atoms with Crippen LogP contribution >= 0.6 is 9.24 Å². The summed E-state index contributed by atoms with van der Waals surface area (Å²) in [6.45, 7) is 0. The van der Waals surface area contributed by atoms with E-state index in [-0.39, 0.29) is 0 Å². The molecule has 8 rings (SSSR count). The number of fused-ring (bicyclic) bond motifs is 2. The van der Waals surface area contributed by atoms with E-state index in [1.165, 1.54) is 0 Å². The quantitative estimate of drug-likeness (QED) is 0.0699. The molecule has 0 fully saturated rings. The molecule has 6 aromatic carbocycles. The van der Waals surface area contributed by atoms with Gasteiger partial charge in [0.1, 0.15) is 29.1 Å². The molecule has 0 saturated heterocycles. The van der Waals surface area contributed by atoms with Crippen LogP contribution < -0.4 is 0 Å². The first-order valence-corrected chi connectivity index (χ1v) is 19.3. The number of alkyl halides is 1. The zero-order chi connectivity index (χ0) is 55.4. The lowest BCUT2D eigenvalue weighted by Crippen LogP contribution is -2.29. The Kier molecular flexibility index (Phi) is 12.8. The van der Waals surface area contributed by atoms with Crippen LogP contribution in [0.5, 0.6) is 0 Å². The molecule has 0 bridgehead atoms. The Morgan fingerprint density at radius 3 is 0.757 bits per heavy atom. The topological polar surface area (TPSA) is 0 Å². The highest BCUT2D eigenvalue weighted by atomic mass is 31.0. The van der Waals surface area contributed by atoms with Gasteiger partial charge in [-0.1, -0.05) is 9.24 Å². The number of benzene rings is 6. The van der Waals surface area contributed by atoms with Gasteiger partial charge in [0.05, 0.1) is 72.3 Å². The Hall–Kier alpha value is -7.06. The number of hydrogen-bond acceptors (Lipinski definition) is 0. The molecular weight excluding hydrogens is 1110 g/mol. The lowest BCUT2D eigenvalue weighted by Gasteiger charge is -2.31. The highest BCUT2D eigenvalue weighted by Crippen LogP contribution is 2.55. The van der Waals surface area contributed by atoms with Crippen molar-refractivity contribution in [2.45, 2.75) is 6.17 Å². The van der Waals surface area contributed by atoms with E-state index in [9.17, 15) is 35.1 Å². The molecule has 0 saturated carbocycles. The summed E-state index contributed by atoms with van der Waals surface area (Å²) < 4.78 is 441. The lowest BCUT2D eigenvalue weighted by molar-refractivity contribution is 0.238. The van der Waals surface area contributed by atoms with Crippen molar-refractivity contribution in [1.29, 1.82) is 0 Å². The van der Waals surface area contributed by atoms with Gasteiger partial charge in [0, 0.05) is 10.9 Å². The highest BCUT2D eigenvalue weighted by Gasteiger charge is 2.50. The predicted octanol–water partition coefficient (Wildman–Crippen LogP) is 16.8. The standard InChI is InChI=1S/C44H4F29P/c45-15-1(17(47)23(53)7-3(15)37(67)41(71)42(72)38(7)68)5-19(49)25(55)9(26(56)20(5)50)11-29(59)33(63)13(34(64)30(11)60)14-35(65)31(61)12(32(62)36(14)66)10-27(57)21(51)6(22(52)28(10)58)2-16(46)4-8(24(54)18(2)48)39(69)43(73)44(74)40(4)70/h8,24H,74H2. The molecule has 0 N–H and O–H groups in total. The van der Waals surface area contributed by atoms with Crippen LogP contribution in [-0.2, 0) is 0 Å². The summed E-state index contributed by atoms with van der Waals surface area (Å²) in [6, 6.07) is 0. The maximum atomic E-state index is 15.7. The van der Waals surface area contributed by atoms with E-state index in [2.05, 4.69) is 0 Å². The summed E-state index contributed by atoms with van der Waals surface area (Å²) in [5.41, 5.74) is -31.9. The van der Waals surface area contributed by atoms with Crippen molar-refractivity contribution in [3.05, 3.63) is 179 Å². The number of allylic oxidation sites excluding steroid dienone is 8. The third-order valence-corrected chi connectivity index (χ3v) is 11.9. The smallest absolute Gasteiger partial charge is 0.198 e. The Balaban J connectivity index is 1.30. The van der Waals surface area contributed by atoms with Gasteiger partial charge >= 0.3 is 0 Å². The van der Waals surface area contributed by atoms with Gasteiger partial charge in [-0.25, -0.2) is 127 Å². The molecule has 3 atom stereocenters. The maximum absolute atomic E-state index is 15.7. The third-order valence-electron chi connectivity index (χ3n) is 11.4. The molecule has 30 heteroatoms. The molecular formula is C44H4F29P. The monoisotopic (exact) mass is 1110 g/mol. The van der Waals surface area contributed by atoms with Gasteiger partial charge < -0.3 is 0 Å². The van der Waals surface area contributed by atoms with Crippen molar-refractivity contribution in [2.75, 3.05) is 0 Å². The highest BCUT2D eigenvalue weighted by molar-refractivity contribution is 7.23. The molecule has 0 radical (unpaired) electrons. The molecule has 74 heavy (non-hydrogen) atoms. The third kappa shape index (κ3) is 6.85. The van der Waals surface area contributed by atoms with Crippen molar-refractivity contribution in [1.82, 2.24) is 0 Å². The largest absolute Gasteiger partial charge is 0.239 e. The second-order valence-corrected chi connectivity index (χ2v) is 15.6. The minimum atomic E-state index is -3.88. The first-order valence-electron chi connectivity index (χ1n) is 18.7. The van der Waals surface area contributed by atoms with Gasteiger partial charge in [0.25, 0.3) is 0 Å². The molecule has 0 aliphatic heterocycles. The van der Waals surface area contributed by atoms with Crippen molar-refractivity contribution < 1.29 is 127 Å². The maximum Gasteiger partial charge on any atom is 0.198 e. The molecule has 3 unspecified atom stereocenters. The molecule has 2 aliphatic carbocycles. The fourth-order valence-electron chi connectivity index (χ4n) is 8.02. The van der Waals surface area contributed by atoms with Gasteiger partial charge in [-0.2, -0.15) is 0 Å². The second kappa shape index (κ2) is 17.8. The molecule has 0 amide bonds. The zero-order valence-electron chi connectivity index (χ0n) is 33.7. The van der Waals surface area contributed by atoms with Crippen LogP contribution in [0.3, 0.4) is 0 Å². The Morgan fingerprint density at radius 2 is 0.459 bits per heavy atom. The summed E-state index contributed by atoms with van der Waals surface area (Å²) in [5, 5.41) is -6.57. The molecule has 0 aromatic heterocycles. The fraction of sp³-hybridized carbons (Fsp3) is 0.0455. The number of hydrogen-bond donors (Lipinski definition) is 0. The van der Waals surface area contributed by atoms with E-state index < -0.39 is 252 Å². The van der Waals surface area contributed by atoms with Crippen LogP contribution in [0.15, 0.2) is 40.0 Å². The van der Waals surface area contributed by atoms with Crippen LogP contribution in [0.2, 0.25) is 0 Å². The van der Waals surface area contributed by atoms with E-state index in [4.69, 9.17) is 0 Å². The van der Waals surface area contributed by atoms with E-state index in [1.54, 1.807) is 0 Å². The minimum Gasteiger partial charge on any atom is -0.239 e. The summed E-state index contributed by atoms with van der Waals surface area (Å²) in [5.74, 6) is -92.5. The van der Waals surface area contributed by atoms with Crippen LogP contribution in [0.1, 0.15) is 5.56 Å². The van der Waals surface area contributed by atoms with Crippen molar-refractivity contribution in [3.8, 4) is 44.5 Å². The molecule has 6 aromatic rings. The Bertz CT molecular complexity index is 3670. The molecule has 0 nitrogen and oxygen atoms in total. The number of rotatable bonds is 5. The lowest BCUT2D eigenvalue weighted by atomic mass is 9.79. The second-order valence-electron chi connectivity index (χ2n) is 15.1. The average Bonchev–Trinajstić information content (AvgIpc) is 3.35. The van der Waals surface area contributed by atoms with Gasteiger partial charge in [-0.3, -0.25) is 0 Å². The number of halogens is 29. The van der Waals surface area contributed by atoms with Gasteiger partial charge in [-0.15, -0.1) is 0 Å². The molecule has 0 spiro atoms. The first-order chi connectivity index (χ1) is 34.3. The van der Waals surface area contributed by atoms with Gasteiger partial charge in [0.2, 0.25) is 0 Å². The van der Waals surface area contributed by atoms with Crippen LogP contribution in [-0.4, -0.2) is 6.17 Å². The van der Waals surface area contributed by atoms with E-state index in [0.717, 1.165) is 9.24 Å². The molecule has 0 heterocycles. The SMILES string of the molecule is FC1=C(P)C(F)=C(F)C2C1=C(F)C(c1c(F)c(F)c(-c3c(F)c(F)c(-c4c(F)c(F)c(-c5c(F)c(F)c(-c6c(F)c(F)c7c(F)c(F)c(F)c(F)c7c6F)c(F)c5F)c(F)c4F)c(F)c3F)c(F)c1F)=C(F)C2F. The average molecular weight is 1110 g/mol. The minimum absolute atomic E-state index is 1.12. The normalized spacial score (nSPS) is 16.3. The van der Waals surface area contributed by atoms with E-state index >= 15 is 92.2 Å². The first kappa shape index (κ1) is 53.2. The fourth-order valence-corrected chi connectivity index (χ4v) is 8.31. The van der Waals surface area contributed by atoms with Crippen LogP contribution in [0, 0.1) is 140 Å². The zero-order valence-corrected chi connectivity index (χ0v) is 34.8. The Labute approximate surface area is 388 Å². The van der Waals surface area contributed by atoms with Crippen molar-refractivity contribution in [3.63, 3.8) is 0 Å². The van der Waals surface area contributed by atoms with E-state index in [0.29, 0.717) is 0 Å². The summed E-state index contributed by atoms with van der Waals surface area (Å²) >= 11 is 0. The van der Waals surface area contributed by atoms with Gasteiger partial charge in [-0.05, 0) is 0 Å². The summed E-state index contributed by atoms with van der Waals surface area (Å²) in [7, 11) is 1.12. The van der Waals surface area contributed by atoms with Gasteiger partial charge in [0.15, 0.2) is 140 Å². The molecule has 388 valence electrons. The van der Waals surface area contributed by atoms with Crippen molar-refractivity contribution in [2.24, 2.45) is 5.92 Å². The van der Waals surface area contributed by atoms with Crippen LogP contribution in [0.4, 0.5) is 127 Å². The predicted molar refractivity (Wildman–Crippen MR) is 196 cm³/mol. The Morgan fingerprint density at radius 1 is 0.230 bits per heavy atom. The summed E-state index contributed by atoms with van der Waals surface area (Å²) in [4.78, 5) is 0.